The molecule has 0 saturated carbocycles. The van der Waals surface area contributed by atoms with Gasteiger partial charge in [0.05, 0.1) is 31.2 Å². The summed E-state index contributed by atoms with van der Waals surface area (Å²) in [6, 6.07) is 11.1. The van der Waals surface area contributed by atoms with Crippen LogP contribution in [0.3, 0.4) is 0 Å². The van der Waals surface area contributed by atoms with E-state index in [1.54, 1.807) is 25.5 Å². The number of furan rings is 1. The maximum absolute atomic E-state index is 12.7. The van der Waals surface area contributed by atoms with E-state index in [-0.39, 0.29) is 11.5 Å². The number of carbonyl (C=O) groups excluding carboxylic acids is 1. The predicted molar refractivity (Wildman–Crippen MR) is 107 cm³/mol. The number of hydrogen-bond donors (Lipinski definition) is 0. The quantitative estimate of drug-likeness (QED) is 0.425. The van der Waals surface area contributed by atoms with Crippen molar-refractivity contribution < 1.29 is 13.9 Å². The van der Waals surface area contributed by atoms with Gasteiger partial charge >= 0.3 is 0 Å². The van der Waals surface area contributed by atoms with Crippen LogP contribution in [0.25, 0.3) is 0 Å². The van der Waals surface area contributed by atoms with E-state index in [4.69, 9.17) is 9.15 Å². The van der Waals surface area contributed by atoms with Crippen molar-refractivity contribution in [3.05, 3.63) is 54.0 Å². The zero-order valence-electron chi connectivity index (χ0n) is 15.7. The summed E-state index contributed by atoms with van der Waals surface area (Å²) < 4.78 is 12.9. The van der Waals surface area contributed by atoms with Gasteiger partial charge in [-0.2, -0.15) is 0 Å². The highest BCUT2D eigenvalue weighted by Gasteiger charge is 2.23. The lowest BCUT2D eigenvalue weighted by molar-refractivity contribution is 0.101. The third-order valence-electron chi connectivity index (χ3n) is 4.72. The molecule has 1 aliphatic heterocycles. The highest BCUT2D eigenvalue weighted by Crippen LogP contribution is 2.27. The van der Waals surface area contributed by atoms with Gasteiger partial charge in [0.2, 0.25) is 5.95 Å². The number of carbonyl (C=O) groups is 1. The molecule has 3 heterocycles. The lowest BCUT2D eigenvalue weighted by Gasteiger charge is -2.17. The summed E-state index contributed by atoms with van der Waals surface area (Å²) in [5, 5.41) is 9.47. The third-order valence-corrected chi connectivity index (χ3v) is 5.69. The Morgan fingerprint density at radius 3 is 2.75 bits per heavy atom. The van der Waals surface area contributed by atoms with Crippen LogP contribution in [-0.2, 0) is 6.54 Å². The summed E-state index contributed by atoms with van der Waals surface area (Å²) in [6.07, 6.45) is 3.97. The van der Waals surface area contributed by atoms with Gasteiger partial charge in [0.15, 0.2) is 10.9 Å². The highest BCUT2D eigenvalue weighted by atomic mass is 32.2. The average Bonchev–Trinajstić information content (AvgIpc) is 3.49. The standard InChI is InChI=1S/C20H22N4O3S/c1-26-18-9-3-2-8-16(18)17(25)14-28-20-22-21-19(23-10-4-5-11-23)24(20)13-15-7-6-12-27-15/h2-3,6-9,12H,4-5,10-11,13-14H2,1H3. The molecule has 0 unspecified atom stereocenters. The number of thioether (sulfide) groups is 1. The number of rotatable bonds is 8. The number of hydrogen-bond acceptors (Lipinski definition) is 7. The second-order valence-electron chi connectivity index (χ2n) is 6.55. The number of nitrogens with zero attached hydrogens (tertiary/aromatic N) is 4. The van der Waals surface area contributed by atoms with Crippen LogP contribution in [0.5, 0.6) is 5.75 Å². The first kappa shape index (κ1) is 18.6. The van der Waals surface area contributed by atoms with Gasteiger partial charge in [-0.25, -0.2) is 0 Å². The normalized spacial score (nSPS) is 13.8. The van der Waals surface area contributed by atoms with Crippen molar-refractivity contribution in [3.63, 3.8) is 0 Å². The Morgan fingerprint density at radius 2 is 2.00 bits per heavy atom. The molecule has 146 valence electrons. The van der Waals surface area contributed by atoms with E-state index in [1.165, 1.54) is 11.8 Å². The molecule has 28 heavy (non-hydrogen) atoms. The molecule has 8 heteroatoms. The average molecular weight is 398 g/mol. The van der Waals surface area contributed by atoms with Crippen LogP contribution in [-0.4, -0.2) is 46.5 Å². The van der Waals surface area contributed by atoms with Crippen LogP contribution in [0.2, 0.25) is 0 Å². The summed E-state index contributed by atoms with van der Waals surface area (Å²) in [5.41, 5.74) is 0.578. The molecule has 0 spiro atoms. The van der Waals surface area contributed by atoms with Crippen LogP contribution in [0.4, 0.5) is 5.95 Å². The van der Waals surface area contributed by atoms with Crippen molar-refractivity contribution >= 4 is 23.5 Å². The zero-order chi connectivity index (χ0) is 19.3. The fourth-order valence-electron chi connectivity index (χ4n) is 3.32. The van der Waals surface area contributed by atoms with Gasteiger partial charge in [0, 0.05) is 13.1 Å². The van der Waals surface area contributed by atoms with Crippen LogP contribution in [0.1, 0.15) is 29.0 Å². The molecule has 1 fully saturated rings. The largest absolute Gasteiger partial charge is 0.496 e. The third kappa shape index (κ3) is 3.91. The van der Waals surface area contributed by atoms with E-state index in [2.05, 4.69) is 15.1 Å². The summed E-state index contributed by atoms with van der Waals surface area (Å²) in [5.74, 6) is 2.51. The Kier molecular flexibility index (Phi) is 5.66. The number of methoxy groups -OCH3 is 1. The van der Waals surface area contributed by atoms with Gasteiger partial charge in [-0.3, -0.25) is 9.36 Å². The van der Waals surface area contributed by atoms with Gasteiger partial charge in [-0.15, -0.1) is 10.2 Å². The molecule has 0 aliphatic carbocycles. The smallest absolute Gasteiger partial charge is 0.228 e. The first-order valence-corrected chi connectivity index (χ1v) is 10.2. The molecule has 0 bridgehead atoms. The number of ether oxygens (including phenoxy) is 1. The number of ketones is 1. The summed E-state index contributed by atoms with van der Waals surface area (Å²) >= 11 is 1.39. The maximum atomic E-state index is 12.7. The van der Waals surface area contributed by atoms with Gasteiger partial charge in [-0.05, 0) is 37.1 Å². The van der Waals surface area contributed by atoms with E-state index in [0.717, 1.165) is 37.6 Å². The fraction of sp³-hybridized carbons (Fsp3) is 0.350. The van der Waals surface area contributed by atoms with Crippen LogP contribution >= 0.6 is 11.8 Å². The molecule has 4 rings (SSSR count). The molecule has 1 aromatic carbocycles. The summed E-state index contributed by atoms with van der Waals surface area (Å²) in [6.45, 7) is 2.49. The predicted octanol–water partition coefficient (Wildman–Crippen LogP) is 3.50. The maximum Gasteiger partial charge on any atom is 0.228 e. The summed E-state index contributed by atoms with van der Waals surface area (Å²) in [4.78, 5) is 14.9. The van der Waals surface area contributed by atoms with E-state index in [9.17, 15) is 4.79 Å². The van der Waals surface area contributed by atoms with Crippen molar-refractivity contribution in [1.29, 1.82) is 0 Å². The number of para-hydroxylation sites is 1. The molecule has 0 radical (unpaired) electrons. The number of aromatic nitrogens is 3. The van der Waals surface area contributed by atoms with Crippen molar-refractivity contribution in [2.75, 3.05) is 30.9 Å². The molecule has 1 saturated heterocycles. The van der Waals surface area contributed by atoms with Crippen molar-refractivity contribution in [2.24, 2.45) is 0 Å². The van der Waals surface area contributed by atoms with Gasteiger partial charge in [0.25, 0.3) is 0 Å². The number of Topliss-reactive ketones (excluding diaryl/α,β-unsaturated/α-hetero) is 1. The molecule has 0 amide bonds. The van der Waals surface area contributed by atoms with Gasteiger partial charge in [-0.1, -0.05) is 23.9 Å². The fourth-order valence-corrected chi connectivity index (χ4v) is 4.13. The lowest BCUT2D eigenvalue weighted by Crippen LogP contribution is -2.22. The molecular formula is C20H22N4O3S. The lowest BCUT2D eigenvalue weighted by atomic mass is 10.1. The SMILES string of the molecule is COc1ccccc1C(=O)CSc1nnc(N2CCCC2)n1Cc1ccco1. The number of anilines is 1. The summed E-state index contributed by atoms with van der Waals surface area (Å²) in [7, 11) is 1.57. The molecule has 3 aromatic rings. The Hall–Kier alpha value is -2.74. The molecular weight excluding hydrogens is 376 g/mol. The van der Waals surface area contributed by atoms with Crippen LogP contribution < -0.4 is 9.64 Å². The molecule has 2 aromatic heterocycles. The van der Waals surface area contributed by atoms with Crippen molar-refractivity contribution in [2.45, 2.75) is 24.5 Å². The number of benzene rings is 1. The Labute approximate surface area is 167 Å². The van der Waals surface area contributed by atoms with E-state index in [0.29, 0.717) is 23.0 Å². The Balaban J connectivity index is 1.54. The molecule has 0 atom stereocenters. The Morgan fingerprint density at radius 1 is 1.18 bits per heavy atom. The minimum absolute atomic E-state index is 0.00211. The first-order valence-electron chi connectivity index (χ1n) is 9.26. The second kappa shape index (κ2) is 8.52. The van der Waals surface area contributed by atoms with Gasteiger partial charge < -0.3 is 14.1 Å². The zero-order valence-corrected chi connectivity index (χ0v) is 16.5. The van der Waals surface area contributed by atoms with Crippen LogP contribution in [0, 0.1) is 0 Å². The van der Waals surface area contributed by atoms with Gasteiger partial charge in [0.1, 0.15) is 11.5 Å². The van der Waals surface area contributed by atoms with Crippen molar-refractivity contribution in [3.8, 4) is 5.75 Å². The van der Waals surface area contributed by atoms with E-state index >= 15 is 0 Å². The molecule has 1 aliphatic rings. The minimum atomic E-state index is -0.00211. The highest BCUT2D eigenvalue weighted by molar-refractivity contribution is 7.99. The monoisotopic (exact) mass is 398 g/mol. The van der Waals surface area contributed by atoms with E-state index in [1.807, 2.05) is 28.8 Å². The second-order valence-corrected chi connectivity index (χ2v) is 7.50. The molecule has 0 N–H and O–H groups in total. The topological polar surface area (TPSA) is 73.4 Å². The van der Waals surface area contributed by atoms with Crippen LogP contribution in [0.15, 0.2) is 52.2 Å². The Bertz CT molecular complexity index is 933. The van der Waals surface area contributed by atoms with Crippen molar-refractivity contribution in [1.82, 2.24) is 14.8 Å². The molecule has 7 nitrogen and oxygen atoms in total. The van der Waals surface area contributed by atoms with E-state index < -0.39 is 0 Å². The first-order chi connectivity index (χ1) is 13.8. The minimum Gasteiger partial charge on any atom is -0.496 e.